The van der Waals surface area contributed by atoms with Crippen LogP contribution in [0.5, 0.6) is 5.88 Å². The van der Waals surface area contributed by atoms with E-state index in [9.17, 15) is 5.11 Å². The third-order valence-electron chi connectivity index (χ3n) is 3.89. The zero-order valence-electron chi connectivity index (χ0n) is 14.0. The van der Waals surface area contributed by atoms with Gasteiger partial charge in [-0.25, -0.2) is 0 Å². The fourth-order valence-electron chi connectivity index (χ4n) is 2.74. The molecule has 0 saturated heterocycles. The minimum Gasteiger partial charge on any atom is -0.492 e. The van der Waals surface area contributed by atoms with Crippen molar-refractivity contribution in [1.82, 2.24) is 9.78 Å². The van der Waals surface area contributed by atoms with Gasteiger partial charge in [-0.1, -0.05) is 60.2 Å². The summed E-state index contributed by atoms with van der Waals surface area (Å²) < 4.78 is 1.91. The van der Waals surface area contributed by atoms with Gasteiger partial charge in [0.25, 0.3) is 0 Å². The van der Waals surface area contributed by atoms with Crippen molar-refractivity contribution >= 4 is 0 Å². The third-order valence-corrected chi connectivity index (χ3v) is 3.89. The molecule has 0 spiro atoms. The molecule has 0 aliphatic heterocycles. The van der Waals surface area contributed by atoms with Crippen LogP contribution in [0.15, 0.2) is 54.6 Å². The van der Waals surface area contributed by atoms with Gasteiger partial charge in [0.05, 0.1) is 16.8 Å². The van der Waals surface area contributed by atoms with E-state index in [4.69, 9.17) is 0 Å². The highest BCUT2D eigenvalue weighted by Gasteiger charge is 2.26. The second kappa shape index (κ2) is 5.58. The number of benzene rings is 2. The predicted molar refractivity (Wildman–Crippen MR) is 94.5 cm³/mol. The maximum atomic E-state index is 10.5. The number of aromatic nitrogens is 2. The number of hydrogen-bond acceptors (Lipinski definition) is 2. The highest BCUT2D eigenvalue weighted by molar-refractivity contribution is 5.84. The third kappa shape index (κ3) is 2.87. The van der Waals surface area contributed by atoms with Crippen LogP contribution in [0.4, 0.5) is 0 Å². The van der Waals surface area contributed by atoms with Crippen molar-refractivity contribution in [2.45, 2.75) is 33.2 Å². The topological polar surface area (TPSA) is 38.1 Å². The number of hydrogen-bond donors (Lipinski definition) is 1. The second-order valence-corrected chi connectivity index (χ2v) is 6.86. The number of nitrogens with zero attached hydrogens (tertiary/aromatic N) is 2. The quantitative estimate of drug-likeness (QED) is 0.724. The number of rotatable bonds is 2. The largest absolute Gasteiger partial charge is 0.492 e. The molecular formula is C20H22N2O. The monoisotopic (exact) mass is 306 g/mol. The second-order valence-electron chi connectivity index (χ2n) is 6.86. The molecule has 23 heavy (non-hydrogen) atoms. The standard InChI is InChI=1S/C20H22N2O/c1-14-10-12-16(13-11-14)18-17(15-8-6-5-7-9-15)19(23)21-22(18)20(2,3)4/h5-13H,1-4H3,(H,21,23). The summed E-state index contributed by atoms with van der Waals surface area (Å²) in [6, 6.07) is 18.3. The molecule has 0 amide bonds. The number of aryl methyl sites for hydroxylation is 1. The molecule has 0 unspecified atom stereocenters. The van der Waals surface area contributed by atoms with Crippen LogP contribution in [-0.2, 0) is 5.54 Å². The first-order valence-corrected chi connectivity index (χ1v) is 7.83. The van der Waals surface area contributed by atoms with E-state index < -0.39 is 0 Å². The van der Waals surface area contributed by atoms with Gasteiger partial charge in [0, 0.05) is 5.56 Å². The molecule has 0 saturated carbocycles. The Morgan fingerprint density at radius 3 is 2.04 bits per heavy atom. The fourth-order valence-corrected chi connectivity index (χ4v) is 2.74. The van der Waals surface area contributed by atoms with Gasteiger partial charge in [0.15, 0.2) is 0 Å². The Balaban J connectivity index is 2.32. The Hall–Kier alpha value is -2.55. The zero-order valence-corrected chi connectivity index (χ0v) is 14.0. The van der Waals surface area contributed by atoms with E-state index in [1.807, 2.05) is 35.0 Å². The Kier molecular flexibility index (Phi) is 3.72. The van der Waals surface area contributed by atoms with Gasteiger partial charge in [-0.2, -0.15) is 0 Å². The molecule has 3 heteroatoms. The molecule has 0 fully saturated rings. The predicted octanol–water partition coefficient (Wildman–Crippen LogP) is 4.99. The first-order chi connectivity index (χ1) is 10.9. The summed E-state index contributed by atoms with van der Waals surface area (Å²) in [7, 11) is 0. The molecule has 3 aromatic rings. The Bertz CT molecular complexity index is 809. The van der Waals surface area contributed by atoms with Crippen molar-refractivity contribution in [3.63, 3.8) is 0 Å². The summed E-state index contributed by atoms with van der Waals surface area (Å²) >= 11 is 0. The minimum atomic E-state index is -0.231. The molecular weight excluding hydrogens is 284 g/mol. The van der Waals surface area contributed by atoms with Gasteiger partial charge in [-0.05, 0) is 33.3 Å². The molecule has 0 bridgehead atoms. The molecule has 1 heterocycles. The molecule has 3 rings (SSSR count). The van der Waals surface area contributed by atoms with Crippen molar-refractivity contribution in [1.29, 1.82) is 0 Å². The van der Waals surface area contributed by atoms with Crippen molar-refractivity contribution in [2.75, 3.05) is 0 Å². The van der Waals surface area contributed by atoms with Gasteiger partial charge in [0.2, 0.25) is 5.88 Å². The Morgan fingerprint density at radius 1 is 0.870 bits per heavy atom. The summed E-state index contributed by atoms with van der Waals surface area (Å²) in [6.07, 6.45) is 0. The van der Waals surface area contributed by atoms with E-state index >= 15 is 0 Å². The van der Waals surface area contributed by atoms with Crippen molar-refractivity contribution < 1.29 is 5.11 Å². The maximum absolute atomic E-state index is 10.5. The van der Waals surface area contributed by atoms with E-state index in [0.717, 1.165) is 22.4 Å². The van der Waals surface area contributed by atoms with Gasteiger partial charge in [0.1, 0.15) is 0 Å². The highest BCUT2D eigenvalue weighted by Crippen LogP contribution is 2.40. The van der Waals surface area contributed by atoms with Crippen molar-refractivity contribution in [3.8, 4) is 28.3 Å². The lowest BCUT2D eigenvalue weighted by atomic mass is 9.98. The first-order valence-electron chi connectivity index (χ1n) is 7.83. The average Bonchev–Trinajstić information content (AvgIpc) is 2.86. The summed E-state index contributed by atoms with van der Waals surface area (Å²) in [5.74, 6) is 0.0710. The summed E-state index contributed by atoms with van der Waals surface area (Å²) in [5.41, 5.74) is 4.73. The summed E-state index contributed by atoms with van der Waals surface area (Å²) in [4.78, 5) is 0. The van der Waals surface area contributed by atoms with Crippen LogP contribution >= 0.6 is 0 Å². The van der Waals surface area contributed by atoms with Crippen LogP contribution in [0.25, 0.3) is 22.4 Å². The lowest BCUT2D eigenvalue weighted by molar-refractivity contribution is 0.341. The normalized spacial score (nSPS) is 11.7. The van der Waals surface area contributed by atoms with E-state index in [-0.39, 0.29) is 11.4 Å². The average molecular weight is 306 g/mol. The maximum Gasteiger partial charge on any atom is 0.238 e. The van der Waals surface area contributed by atoms with Crippen molar-refractivity contribution in [2.24, 2.45) is 0 Å². The molecule has 0 aliphatic rings. The van der Waals surface area contributed by atoms with Crippen LogP contribution in [0.1, 0.15) is 26.3 Å². The summed E-state index contributed by atoms with van der Waals surface area (Å²) in [6.45, 7) is 8.34. The van der Waals surface area contributed by atoms with Crippen LogP contribution in [0.2, 0.25) is 0 Å². The first kappa shape index (κ1) is 15.3. The van der Waals surface area contributed by atoms with Gasteiger partial charge in [-0.3, -0.25) is 4.68 Å². The van der Waals surface area contributed by atoms with Gasteiger partial charge < -0.3 is 5.11 Å². The SMILES string of the molecule is Cc1ccc(-c2c(-c3ccccc3)c(O)nn2C(C)(C)C)cc1. The molecule has 1 aromatic heterocycles. The fraction of sp³-hybridized carbons (Fsp3) is 0.250. The zero-order chi connectivity index (χ0) is 16.6. The van der Waals surface area contributed by atoms with Crippen LogP contribution in [0, 0.1) is 6.92 Å². The Morgan fingerprint density at radius 2 is 1.48 bits per heavy atom. The number of aromatic hydroxyl groups is 1. The molecule has 0 radical (unpaired) electrons. The smallest absolute Gasteiger partial charge is 0.238 e. The van der Waals surface area contributed by atoms with Crippen LogP contribution in [0.3, 0.4) is 0 Å². The van der Waals surface area contributed by atoms with E-state index in [1.54, 1.807) is 0 Å². The van der Waals surface area contributed by atoms with Gasteiger partial charge >= 0.3 is 0 Å². The van der Waals surface area contributed by atoms with Gasteiger partial charge in [-0.15, -0.1) is 5.10 Å². The molecule has 118 valence electrons. The Labute approximate surface area is 137 Å². The lowest BCUT2D eigenvalue weighted by Crippen LogP contribution is -2.24. The molecule has 0 atom stereocenters. The van der Waals surface area contributed by atoms with Crippen LogP contribution < -0.4 is 0 Å². The minimum absolute atomic E-state index is 0.0710. The van der Waals surface area contributed by atoms with Crippen LogP contribution in [-0.4, -0.2) is 14.9 Å². The molecule has 0 aliphatic carbocycles. The molecule has 2 aromatic carbocycles. The van der Waals surface area contributed by atoms with E-state index in [2.05, 4.69) is 57.1 Å². The molecule has 1 N–H and O–H groups in total. The summed E-state index contributed by atoms with van der Waals surface area (Å²) in [5, 5.41) is 14.9. The molecule has 3 nitrogen and oxygen atoms in total. The highest BCUT2D eigenvalue weighted by atomic mass is 16.3. The van der Waals surface area contributed by atoms with Crippen molar-refractivity contribution in [3.05, 3.63) is 60.2 Å². The van der Waals surface area contributed by atoms with E-state index in [0.29, 0.717) is 0 Å². The van der Waals surface area contributed by atoms with E-state index in [1.165, 1.54) is 5.56 Å². The lowest BCUT2D eigenvalue weighted by Gasteiger charge is -2.23.